The molecule has 20 heavy (non-hydrogen) atoms. The second kappa shape index (κ2) is 7.08. The lowest BCUT2D eigenvalue weighted by Gasteiger charge is -2.14. The highest BCUT2D eigenvalue weighted by atomic mass is 35.5. The average Bonchev–Trinajstić information content (AvgIpc) is 2.45. The first-order valence-corrected chi connectivity index (χ1v) is 6.22. The number of rotatable bonds is 2. The number of hydrogen-bond donors (Lipinski definition) is 0. The number of hydrogen-bond acceptors (Lipinski definition) is 6. The highest BCUT2D eigenvalue weighted by molar-refractivity contribution is 6.50. The third kappa shape index (κ3) is 3.52. The van der Waals surface area contributed by atoms with Crippen LogP contribution in [0.2, 0.25) is 20.1 Å². The summed E-state index contributed by atoms with van der Waals surface area (Å²) in [5.41, 5.74) is 0. The van der Waals surface area contributed by atoms with E-state index in [2.05, 4.69) is 9.47 Å². The minimum absolute atomic E-state index is 0.287. The zero-order valence-electron chi connectivity index (χ0n) is 9.96. The highest BCUT2D eigenvalue weighted by Crippen LogP contribution is 2.50. The molecule has 6 nitrogen and oxygen atoms in total. The summed E-state index contributed by atoms with van der Waals surface area (Å²) in [5, 5.41) is -1.15. The van der Waals surface area contributed by atoms with Crippen LogP contribution in [-0.4, -0.2) is 26.5 Å². The molecule has 0 saturated heterocycles. The van der Waals surface area contributed by atoms with Crippen molar-refractivity contribution >= 4 is 58.7 Å². The van der Waals surface area contributed by atoms with Crippen molar-refractivity contribution in [3.63, 3.8) is 0 Å². The highest BCUT2D eigenvalue weighted by Gasteiger charge is 2.26. The fraction of sp³-hybridized carbons (Fsp3) is 0.200. The molecule has 0 bridgehead atoms. The molecule has 0 heterocycles. The predicted molar refractivity (Wildman–Crippen MR) is 72.5 cm³/mol. The normalized spacial score (nSPS) is 9.90. The summed E-state index contributed by atoms with van der Waals surface area (Å²) < 4.78 is 18.0. The van der Waals surface area contributed by atoms with Crippen LogP contribution in [0.3, 0.4) is 0 Å². The van der Waals surface area contributed by atoms with E-state index in [0.717, 1.165) is 14.2 Å². The smallest absolute Gasteiger partial charge is 0.437 e. The van der Waals surface area contributed by atoms with Crippen LogP contribution >= 0.6 is 46.4 Å². The molecule has 0 radical (unpaired) electrons. The molecule has 0 atom stereocenters. The first-order valence-electron chi connectivity index (χ1n) is 4.71. The SMILES string of the molecule is COC(=O)Oc1c(Cl)c(Cl)c(OC(=O)OC)c(Cl)c1Cl. The molecule has 10 heteroatoms. The summed E-state index contributed by atoms with van der Waals surface area (Å²) in [6.45, 7) is 0. The Hall–Kier alpha value is -1.08. The molecular formula is C10H6Cl4O6. The van der Waals surface area contributed by atoms with E-state index in [1.807, 2.05) is 0 Å². The summed E-state index contributed by atoms with van der Waals surface area (Å²) >= 11 is 23.5. The summed E-state index contributed by atoms with van der Waals surface area (Å²) in [5.74, 6) is -0.653. The van der Waals surface area contributed by atoms with E-state index in [1.54, 1.807) is 0 Å². The third-order valence-electron chi connectivity index (χ3n) is 1.89. The van der Waals surface area contributed by atoms with E-state index >= 15 is 0 Å². The van der Waals surface area contributed by atoms with E-state index < -0.39 is 12.3 Å². The molecule has 0 aliphatic heterocycles. The molecule has 1 rings (SSSR count). The van der Waals surface area contributed by atoms with E-state index in [4.69, 9.17) is 55.9 Å². The maximum Gasteiger partial charge on any atom is 0.513 e. The van der Waals surface area contributed by atoms with Crippen LogP contribution in [0.15, 0.2) is 0 Å². The number of carbonyl (C=O) groups is 2. The lowest BCUT2D eigenvalue weighted by molar-refractivity contribution is 0.119. The fourth-order valence-corrected chi connectivity index (χ4v) is 1.99. The quantitative estimate of drug-likeness (QED) is 0.434. The minimum Gasteiger partial charge on any atom is -0.437 e. The van der Waals surface area contributed by atoms with Gasteiger partial charge in [-0.2, -0.15) is 0 Å². The maximum absolute atomic E-state index is 11.1. The average molecular weight is 364 g/mol. The van der Waals surface area contributed by atoms with Crippen molar-refractivity contribution in [2.24, 2.45) is 0 Å². The topological polar surface area (TPSA) is 71.1 Å². The maximum atomic E-state index is 11.1. The molecule has 0 aliphatic rings. The zero-order chi connectivity index (χ0) is 15.4. The first kappa shape index (κ1) is 17.0. The Morgan fingerprint density at radius 2 is 0.950 bits per heavy atom. The van der Waals surface area contributed by atoms with Gasteiger partial charge in [0.2, 0.25) is 0 Å². The number of benzene rings is 1. The van der Waals surface area contributed by atoms with Crippen LogP contribution in [0.1, 0.15) is 0 Å². The zero-order valence-corrected chi connectivity index (χ0v) is 13.0. The fourth-order valence-electron chi connectivity index (χ4n) is 1.02. The van der Waals surface area contributed by atoms with Crippen molar-refractivity contribution < 1.29 is 28.5 Å². The van der Waals surface area contributed by atoms with Gasteiger partial charge in [0.15, 0.2) is 11.5 Å². The van der Waals surface area contributed by atoms with Crippen LogP contribution in [0.25, 0.3) is 0 Å². The van der Waals surface area contributed by atoms with Gasteiger partial charge >= 0.3 is 12.3 Å². The molecule has 0 aromatic heterocycles. The lowest BCUT2D eigenvalue weighted by atomic mass is 10.3. The van der Waals surface area contributed by atoms with Crippen LogP contribution in [0.5, 0.6) is 11.5 Å². The number of methoxy groups -OCH3 is 2. The number of carbonyl (C=O) groups excluding carboxylic acids is 2. The Bertz CT molecular complexity index is 481. The Morgan fingerprint density at radius 3 is 1.15 bits per heavy atom. The summed E-state index contributed by atoms with van der Waals surface area (Å²) in [6, 6.07) is 0. The summed E-state index contributed by atoms with van der Waals surface area (Å²) in [7, 11) is 2.17. The van der Waals surface area contributed by atoms with Gasteiger partial charge in [-0.05, 0) is 0 Å². The van der Waals surface area contributed by atoms with Gasteiger partial charge < -0.3 is 18.9 Å². The Labute approximate surface area is 133 Å². The van der Waals surface area contributed by atoms with Crippen molar-refractivity contribution in [2.75, 3.05) is 14.2 Å². The van der Waals surface area contributed by atoms with Gasteiger partial charge in [0.1, 0.15) is 20.1 Å². The van der Waals surface area contributed by atoms with Crippen molar-refractivity contribution in [3.8, 4) is 11.5 Å². The van der Waals surface area contributed by atoms with Gasteiger partial charge in [0.05, 0.1) is 14.2 Å². The van der Waals surface area contributed by atoms with Crippen molar-refractivity contribution in [2.45, 2.75) is 0 Å². The van der Waals surface area contributed by atoms with E-state index in [9.17, 15) is 9.59 Å². The van der Waals surface area contributed by atoms with Crippen molar-refractivity contribution in [1.29, 1.82) is 0 Å². The van der Waals surface area contributed by atoms with Gasteiger partial charge in [-0.1, -0.05) is 46.4 Å². The predicted octanol–water partition coefficient (Wildman–Crippen LogP) is 4.59. The van der Waals surface area contributed by atoms with Crippen LogP contribution in [-0.2, 0) is 9.47 Å². The summed E-state index contributed by atoms with van der Waals surface area (Å²) in [4.78, 5) is 22.1. The minimum atomic E-state index is -1.08. The first-order chi connectivity index (χ1) is 9.33. The van der Waals surface area contributed by atoms with Gasteiger partial charge in [-0.3, -0.25) is 0 Å². The number of halogens is 4. The van der Waals surface area contributed by atoms with Crippen LogP contribution in [0.4, 0.5) is 9.59 Å². The van der Waals surface area contributed by atoms with Crippen LogP contribution < -0.4 is 9.47 Å². The molecule has 1 aromatic rings. The standard InChI is InChI=1S/C10H6Cl4O6/c1-17-9(15)19-7-3(11)5(13)8(6(14)4(7)12)20-10(16)18-2/h1-2H3. The molecule has 0 amide bonds. The molecule has 0 aliphatic carbocycles. The Kier molecular flexibility index (Phi) is 6.01. The number of ether oxygens (including phenoxy) is 4. The molecule has 1 aromatic carbocycles. The molecule has 0 spiro atoms. The van der Waals surface area contributed by atoms with Gasteiger partial charge in [0, 0.05) is 0 Å². The van der Waals surface area contributed by atoms with Crippen LogP contribution in [0, 0.1) is 0 Å². The van der Waals surface area contributed by atoms with E-state index in [1.165, 1.54) is 0 Å². The van der Waals surface area contributed by atoms with Crippen molar-refractivity contribution in [1.82, 2.24) is 0 Å². The molecule has 0 fully saturated rings. The summed E-state index contributed by atoms with van der Waals surface area (Å²) in [6.07, 6.45) is -2.16. The molecular weight excluding hydrogens is 358 g/mol. The van der Waals surface area contributed by atoms with Gasteiger partial charge in [0.25, 0.3) is 0 Å². The Morgan fingerprint density at radius 1 is 0.700 bits per heavy atom. The molecule has 0 saturated carbocycles. The molecule has 110 valence electrons. The van der Waals surface area contributed by atoms with Gasteiger partial charge in [-0.25, -0.2) is 9.59 Å². The monoisotopic (exact) mass is 362 g/mol. The second-order valence-electron chi connectivity index (χ2n) is 3.03. The molecule has 0 N–H and O–H groups in total. The largest absolute Gasteiger partial charge is 0.513 e. The van der Waals surface area contributed by atoms with E-state index in [0.29, 0.717) is 0 Å². The molecule has 0 unspecified atom stereocenters. The second-order valence-corrected chi connectivity index (χ2v) is 4.54. The lowest BCUT2D eigenvalue weighted by Crippen LogP contribution is -2.10. The Balaban J connectivity index is 3.33. The van der Waals surface area contributed by atoms with Gasteiger partial charge in [-0.15, -0.1) is 0 Å². The third-order valence-corrected chi connectivity index (χ3v) is 3.52. The van der Waals surface area contributed by atoms with Crippen molar-refractivity contribution in [3.05, 3.63) is 20.1 Å². The van der Waals surface area contributed by atoms with E-state index in [-0.39, 0.29) is 31.6 Å².